The third kappa shape index (κ3) is 3.39. The zero-order chi connectivity index (χ0) is 14.7. The maximum absolute atomic E-state index is 11.3. The molecule has 1 aromatic carbocycles. The first-order valence-electron chi connectivity index (χ1n) is 6.95. The first kappa shape index (κ1) is 15.0. The summed E-state index contributed by atoms with van der Waals surface area (Å²) in [4.78, 5) is 13.1. The minimum atomic E-state index is -0.814. The Morgan fingerprint density at radius 2 is 2.05 bits per heavy atom. The van der Waals surface area contributed by atoms with Gasteiger partial charge in [-0.3, -0.25) is 4.79 Å². The molecule has 0 aromatic heterocycles. The summed E-state index contributed by atoms with van der Waals surface area (Å²) in [6.07, 6.45) is 0. The molecular weight excluding hydrogens is 255 g/mol. The normalized spacial score (nSPS) is 24.6. The van der Waals surface area contributed by atoms with E-state index in [0.29, 0.717) is 13.1 Å². The van der Waals surface area contributed by atoms with Gasteiger partial charge < -0.3 is 20.3 Å². The number of hydrogen-bond donors (Lipinski definition) is 3. The fourth-order valence-electron chi connectivity index (χ4n) is 2.72. The predicted molar refractivity (Wildman–Crippen MR) is 78.3 cm³/mol. The molecule has 2 rings (SSSR count). The molecule has 0 aliphatic carbocycles. The van der Waals surface area contributed by atoms with Gasteiger partial charge in [0.2, 0.25) is 0 Å². The number of aliphatic carboxylic acids is 1. The van der Waals surface area contributed by atoms with E-state index in [9.17, 15) is 14.9 Å². The average molecular weight is 276 g/mol. The van der Waals surface area contributed by atoms with Gasteiger partial charge in [0.05, 0.1) is 5.92 Å². The molecule has 1 heterocycles. The second kappa shape index (κ2) is 6.39. The number of nitrogens with zero attached hydrogens (tertiary/aromatic N) is 1. The van der Waals surface area contributed by atoms with Gasteiger partial charge in [0.1, 0.15) is 0 Å². The van der Waals surface area contributed by atoms with E-state index in [1.165, 1.54) is 0 Å². The second-order valence-electron chi connectivity index (χ2n) is 5.44. The Hall–Kier alpha value is -1.37. The molecule has 1 aliphatic heterocycles. The van der Waals surface area contributed by atoms with Crippen LogP contribution in [0.1, 0.15) is 18.5 Å². The smallest absolute Gasteiger partial charge is 0.376 e. The Morgan fingerprint density at radius 1 is 1.40 bits per heavy atom. The lowest BCUT2D eigenvalue weighted by molar-refractivity contribution is -0.141. The molecule has 3 atom stereocenters. The zero-order valence-electron chi connectivity index (χ0n) is 11.9. The van der Waals surface area contributed by atoms with Crippen LogP contribution in [-0.2, 0) is 4.79 Å². The molecule has 5 nitrogen and oxygen atoms in total. The van der Waals surface area contributed by atoms with Crippen molar-refractivity contribution in [3.8, 4) is 0 Å². The SMILES string of the molecule is CB(O)N1C[C@@H](N[C@H](C)c2ccccc2)[C@H](C(=O)O)C1. The minimum absolute atomic E-state index is 0.0806. The van der Waals surface area contributed by atoms with E-state index in [4.69, 9.17) is 0 Å². The van der Waals surface area contributed by atoms with Crippen molar-refractivity contribution < 1.29 is 14.9 Å². The van der Waals surface area contributed by atoms with Crippen LogP contribution in [0.4, 0.5) is 0 Å². The van der Waals surface area contributed by atoms with Crippen molar-refractivity contribution in [1.29, 1.82) is 0 Å². The van der Waals surface area contributed by atoms with Gasteiger partial charge >= 0.3 is 13.0 Å². The Bertz CT molecular complexity index is 455. The van der Waals surface area contributed by atoms with E-state index < -0.39 is 18.9 Å². The topological polar surface area (TPSA) is 72.8 Å². The lowest BCUT2D eigenvalue weighted by Gasteiger charge is -2.23. The highest BCUT2D eigenvalue weighted by Gasteiger charge is 2.40. The molecule has 0 amide bonds. The number of benzene rings is 1. The third-order valence-corrected chi connectivity index (χ3v) is 3.96. The quantitative estimate of drug-likeness (QED) is 0.695. The summed E-state index contributed by atoms with van der Waals surface area (Å²) in [6.45, 7) is 4.62. The van der Waals surface area contributed by atoms with Crippen molar-refractivity contribution in [2.24, 2.45) is 5.92 Å². The van der Waals surface area contributed by atoms with Crippen LogP contribution in [0.25, 0.3) is 0 Å². The van der Waals surface area contributed by atoms with Crippen molar-refractivity contribution in [2.45, 2.75) is 25.8 Å². The van der Waals surface area contributed by atoms with Gasteiger partial charge in [0.25, 0.3) is 0 Å². The van der Waals surface area contributed by atoms with Gasteiger partial charge in [-0.25, -0.2) is 0 Å². The zero-order valence-corrected chi connectivity index (χ0v) is 11.9. The van der Waals surface area contributed by atoms with Gasteiger partial charge in [-0.1, -0.05) is 30.3 Å². The first-order chi connectivity index (χ1) is 9.49. The molecule has 0 unspecified atom stereocenters. The van der Waals surface area contributed by atoms with E-state index in [0.717, 1.165) is 5.56 Å². The number of rotatable bonds is 5. The standard InChI is InChI=1S/C14H21BN2O3/c1-10(11-6-4-3-5-7-11)16-13-9-17(15(2)20)8-12(13)14(18)19/h3-7,10,12-13,16,20H,8-9H2,1-2H3,(H,18,19)/t10-,12-,13-/m1/s1. The van der Waals surface area contributed by atoms with Crippen molar-refractivity contribution in [2.75, 3.05) is 13.1 Å². The summed E-state index contributed by atoms with van der Waals surface area (Å²) in [5, 5.41) is 22.3. The van der Waals surface area contributed by atoms with Crippen LogP contribution < -0.4 is 5.32 Å². The highest BCUT2D eigenvalue weighted by molar-refractivity contribution is 6.45. The van der Waals surface area contributed by atoms with E-state index in [1.807, 2.05) is 37.3 Å². The van der Waals surface area contributed by atoms with Crippen LogP contribution in [0.5, 0.6) is 0 Å². The van der Waals surface area contributed by atoms with Crippen LogP contribution >= 0.6 is 0 Å². The van der Waals surface area contributed by atoms with E-state index in [-0.39, 0.29) is 12.1 Å². The maximum atomic E-state index is 11.3. The summed E-state index contributed by atoms with van der Waals surface area (Å²) >= 11 is 0. The van der Waals surface area contributed by atoms with Crippen molar-refractivity contribution in [3.05, 3.63) is 35.9 Å². The molecule has 108 valence electrons. The first-order valence-corrected chi connectivity index (χ1v) is 6.95. The highest BCUT2D eigenvalue weighted by atomic mass is 16.4. The summed E-state index contributed by atoms with van der Waals surface area (Å²) in [7, 11) is -0.615. The van der Waals surface area contributed by atoms with E-state index in [1.54, 1.807) is 11.6 Å². The molecule has 1 fully saturated rings. The molecule has 1 aromatic rings. The third-order valence-electron chi connectivity index (χ3n) is 3.96. The molecule has 3 N–H and O–H groups in total. The molecular formula is C14H21BN2O3. The number of nitrogens with one attached hydrogen (secondary N) is 1. The highest BCUT2D eigenvalue weighted by Crippen LogP contribution is 2.22. The predicted octanol–water partition coefficient (Wildman–Crippen LogP) is 0.832. The van der Waals surface area contributed by atoms with Gasteiger partial charge in [-0.05, 0) is 19.3 Å². The Kier molecular flexibility index (Phi) is 4.80. The largest absolute Gasteiger partial charge is 0.481 e. The lowest BCUT2D eigenvalue weighted by atomic mass is 9.86. The molecule has 0 saturated carbocycles. The molecule has 0 radical (unpaired) electrons. The molecule has 0 bridgehead atoms. The van der Waals surface area contributed by atoms with Crippen molar-refractivity contribution in [1.82, 2.24) is 10.1 Å². The summed E-state index contributed by atoms with van der Waals surface area (Å²) in [6, 6.07) is 9.87. The van der Waals surface area contributed by atoms with Crippen molar-refractivity contribution in [3.63, 3.8) is 0 Å². The summed E-state index contributed by atoms with van der Waals surface area (Å²) in [5.74, 6) is -1.30. The Balaban J connectivity index is 2.05. The fraction of sp³-hybridized carbons (Fsp3) is 0.500. The van der Waals surface area contributed by atoms with Gasteiger partial charge in [-0.15, -0.1) is 0 Å². The second-order valence-corrected chi connectivity index (χ2v) is 5.44. The molecule has 1 aliphatic rings. The molecule has 0 spiro atoms. The fourth-order valence-corrected chi connectivity index (χ4v) is 2.72. The minimum Gasteiger partial charge on any atom is -0.481 e. The van der Waals surface area contributed by atoms with E-state index >= 15 is 0 Å². The monoisotopic (exact) mass is 276 g/mol. The van der Waals surface area contributed by atoms with Crippen LogP contribution in [0, 0.1) is 5.92 Å². The Morgan fingerprint density at radius 3 is 2.60 bits per heavy atom. The van der Waals surface area contributed by atoms with Crippen LogP contribution in [-0.4, -0.2) is 47.1 Å². The van der Waals surface area contributed by atoms with Crippen LogP contribution in [0.3, 0.4) is 0 Å². The molecule has 20 heavy (non-hydrogen) atoms. The van der Waals surface area contributed by atoms with Gasteiger partial charge in [0.15, 0.2) is 0 Å². The van der Waals surface area contributed by atoms with Gasteiger partial charge in [0, 0.05) is 25.2 Å². The number of carboxylic acid groups (broad SMARTS) is 1. The van der Waals surface area contributed by atoms with Crippen LogP contribution in [0.15, 0.2) is 30.3 Å². The molecule has 6 heteroatoms. The summed E-state index contributed by atoms with van der Waals surface area (Å²) < 4.78 is 0. The lowest BCUT2D eigenvalue weighted by Crippen LogP contribution is -2.41. The summed E-state index contributed by atoms with van der Waals surface area (Å²) in [5.41, 5.74) is 1.13. The average Bonchev–Trinajstić information content (AvgIpc) is 2.84. The molecule has 1 saturated heterocycles. The van der Waals surface area contributed by atoms with E-state index in [2.05, 4.69) is 5.32 Å². The van der Waals surface area contributed by atoms with Crippen LogP contribution in [0.2, 0.25) is 6.82 Å². The number of hydrogen-bond acceptors (Lipinski definition) is 4. The maximum Gasteiger partial charge on any atom is 0.376 e. The number of carboxylic acids is 1. The van der Waals surface area contributed by atoms with Gasteiger partial charge in [-0.2, -0.15) is 0 Å². The Labute approximate surface area is 119 Å². The van der Waals surface area contributed by atoms with Crippen molar-refractivity contribution >= 4 is 13.0 Å². The number of carbonyl (C=O) groups is 1.